The van der Waals surface area contributed by atoms with Gasteiger partial charge in [0.05, 0.1) is 16.8 Å². The maximum absolute atomic E-state index is 5.25. The second kappa shape index (κ2) is 12.0. The van der Waals surface area contributed by atoms with Crippen LogP contribution in [0.2, 0.25) is 0 Å². The van der Waals surface area contributed by atoms with E-state index in [9.17, 15) is 0 Å². The van der Waals surface area contributed by atoms with E-state index in [-0.39, 0.29) is 5.41 Å². The number of nitrogens with zero attached hydrogens (tertiary/aromatic N) is 2. The van der Waals surface area contributed by atoms with Crippen molar-refractivity contribution in [3.8, 4) is 67.3 Å². The van der Waals surface area contributed by atoms with Crippen LogP contribution in [0.15, 0.2) is 194 Å². The molecule has 2 aliphatic rings. The van der Waals surface area contributed by atoms with Crippen LogP contribution in [0.25, 0.3) is 88.1 Å². The highest BCUT2D eigenvalue weighted by atomic mass is 32.1. The molecule has 0 bridgehead atoms. The van der Waals surface area contributed by atoms with Crippen molar-refractivity contribution in [2.75, 3.05) is 0 Å². The lowest BCUT2D eigenvalue weighted by Crippen LogP contribution is -2.24. The molecular formula is C53H32N2S. The summed E-state index contributed by atoms with van der Waals surface area (Å²) in [4.78, 5) is 11.8. The van der Waals surface area contributed by atoms with Crippen LogP contribution in [0, 0.1) is 0 Å². The van der Waals surface area contributed by atoms with Crippen LogP contribution in [0.3, 0.4) is 0 Å². The first-order valence-corrected chi connectivity index (χ1v) is 20.0. The van der Waals surface area contributed by atoms with E-state index in [0.717, 1.165) is 33.6 Å². The monoisotopic (exact) mass is 728 g/mol. The number of benzene rings is 8. The number of aromatic nitrogens is 2. The third kappa shape index (κ3) is 4.49. The fourth-order valence-electron chi connectivity index (χ4n) is 9.39. The third-order valence-electron chi connectivity index (χ3n) is 11.9. The van der Waals surface area contributed by atoms with Crippen molar-refractivity contribution < 1.29 is 0 Å². The summed E-state index contributed by atoms with van der Waals surface area (Å²) in [6.07, 6.45) is 0. The Hall–Kier alpha value is -6.94. The predicted molar refractivity (Wildman–Crippen MR) is 233 cm³/mol. The maximum Gasteiger partial charge on any atom is 0.160 e. The van der Waals surface area contributed by atoms with E-state index in [1.165, 1.54) is 70.2 Å². The predicted octanol–water partition coefficient (Wildman–Crippen LogP) is 13.9. The first-order chi connectivity index (χ1) is 27.7. The zero-order valence-corrected chi connectivity index (χ0v) is 31.1. The number of thiophene rings is 1. The molecule has 8 aromatic carbocycles. The van der Waals surface area contributed by atoms with Gasteiger partial charge in [-0.05, 0) is 85.6 Å². The number of hydrogen-bond acceptors (Lipinski definition) is 3. The van der Waals surface area contributed by atoms with E-state index in [0.29, 0.717) is 5.82 Å². The second-order valence-electron chi connectivity index (χ2n) is 14.9. The van der Waals surface area contributed by atoms with Gasteiger partial charge in [-0.15, -0.1) is 11.3 Å². The zero-order chi connectivity index (χ0) is 36.8. The Bertz CT molecular complexity index is 3170. The van der Waals surface area contributed by atoms with Gasteiger partial charge in [-0.1, -0.05) is 164 Å². The third-order valence-corrected chi connectivity index (χ3v) is 13.2. The van der Waals surface area contributed by atoms with Crippen LogP contribution in [-0.2, 0) is 5.41 Å². The first-order valence-electron chi connectivity index (χ1n) is 19.1. The van der Waals surface area contributed by atoms with Gasteiger partial charge in [0, 0.05) is 37.2 Å². The van der Waals surface area contributed by atoms with E-state index >= 15 is 0 Å². The Balaban J connectivity index is 1.05. The molecule has 2 nitrogen and oxygen atoms in total. The summed E-state index contributed by atoms with van der Waals surface area (Å²) in [5.41, 5.74) is 16.3. The molecule has 0 aliphatic heterocycles. The zero-order valence-electron chi connectivity index (χ0n) is 30.3. The quantitative estimate of drug-likeness (QED) is 0.180. The minimum Gasteiger partial charge on any atom is -0.228 e. The second-order valence-corrected chi connectivity index (χ2v) is 15.9. The molecule has 2 aliphatic carbocycles. The van der Waals surface area contributed by atoms with E-state index < -0.39 is 0 Å². The molecule has 0 saturated heterocycles. The molecule has 1 spiro atoms. The van der Waals surface area contributed by atoms with Gasteiger partial charge in [-0.2, -0.15) is 0 Å². The fourth-order valence-corrected chi connectivity index (χ4v) is 10.8. The Labute approximate surface area is 329 Å². The first kappa shape index (κ1) is 31.4. The molecule has 3 heteroatoms. The smallest absolute Gasteiger partial charge is 0.160 e. The Morgan fingerprint density at radius 3 is 1.82 bits per heavy atom. The van der Waals surface area contributed by atoms with Gasteiger partial charge in [-0.3, -0.25) is 0 Å². The highest BCUT2D eigenvalue weighted by molar-refractivity contribution is 7.20. The van der Waals surface area contributed by atoms with Crippen LogP contribution in [0.1, 0.15) is 21.6 Å². The van der Waals surface area contributed by atoms with Gasteiger partial charge in [0.15, 0.2) is 5.82 Å². The lowest BCUT2D eigenvalue weighted by molar-refractivity contribution is 0.812. The molecule has 2 aromatic heterocycles. The number of rotatable bonds is 4. The number of hydrogen-bond donors (Lipinski definition) is 0. The highest BCUT2D eigenvalue weighted by Gasteiger charge is 2.53. The molecule has 0 fully saturated rings. The van der Waals surface area contributed by atoms with Crippen molar-refractivity contribution in [1.82, 2.24) is 9.97 Å². The summed E-state index contributed by atoms with van der Waals surface area (Å²) in [5, 5.41) is 3.71. The summed E-state index contributed by atoms with van der Waals surface area (Å²) in [5.74, 6) is 0.717. The van der Waals surface area contributed by atoms with Crippen molar-refractivity contribution >= 4 is 32.2 Å². The van der Waals surface area contributed by atoms with Crippen molar-refractivity contribution in [3.05, 3.63) is 216 Å². The van der Waals surface area contributed by atoms with E-state index in [2.05, 4.69) is 188 Å². The molecule has 0 radical (unpaired) electrons. The van der Waals surface area contributed by atoms with E-state index in [4.69, 9.17) is 9.97 Å². The summed E-state index contributed by atoms with van der Waals surface area (Å²) in [6, 6.07) is 70.6. The molecule has 10 aromatic rings. The van der Waals surface area contributed by atoms with Crippen LogP contribution in [0.4, 0.5) is 0 Å². The molecule has 0 amide bonds. The molecule has 0 saturated carbocycles. The largest absolute Gasteiger partial charge is 0.228 e. The minimum atomic E-state index is -0.388. The maximum atomic E-state index is 5.25. The van der Waals surface area contributed by atoms with Crippen LogP contribution < -0.4 is 0 Å². The molecule has 0 unspecified atom stereocenters. The lowest BCUT2D eigenvalue weighted by Gasteiger charge is -2.29. The average molecular weight is 729 g/mol. The highest BCUT2D eigenvalue weighted by Crippen LogP contribution is 2.66. The Morgan fingerprint density at radius 1 is 0.375 bits per heavy atom. The number of fused-ring (bicyclic) bond motifs is 13. The summed E-state index contributed by atoms with van der Waals surface area (Å²) >= 11 is 1.95. The molecule has 2 heterocycles. The van der Waals surface area contributed by atoms with Gasteiger partial charge in [-0.25, -0.2) is 9.97 Å². The molecule has 0 N–H and O–H groups in total. The van der Waals surface area contributed by atoms with Gasteiger partial charge in [0.2, 0.25) is 0 Å². The van der Waals surface area contributed by atoms with Crippen LogP contribution in [0.5, 0.6) is 0 Å². The summed E-state index contributed by atoms with van der Waals surface area (Å²) < 4.78 is 1.34. The van der Waals surface area contributed by atoms with Gasteiger partial charge in [0.1, 0.15) is 0 Å². The Morgan fingerprint density at radius 2 is 1.00 bits per heavy atom. The summed E-state index contributed by atoms with van der Waals surface area (Å²) in [6.45, 7) is 0. The molecule has 260 valence electrons. The standard InChI is InChI=1S/C53H32N2S/c1-2-14-34(15-3-1)47-32-48(55-52(54-47)39-26-25-33-13-4-5-16-35(33)30-39)38-18-12-17-36(29-38)37-27-28-42-46(31-37)53(51-50(42)43-21-8-11-24-49(43)56-51)44-22-9-6-19-40(44)41-20-7-10-23-45(41)53/h1-32H. The lowest BCUT2D eigenvalue weighted by atomic mass is 9.73. The molecule has 56 heavy (non-hydrogen) atoms. The molecule has 0 atom stereocenters. The van der Waals surface area contributed by atoms with Gasteiger partial charge >= 0.3 is 0 Å². The van der Waals surface area contributed by atoms with Crippen molar-refractivity contribution in [2.45, 2.75) is 5.41 Å². The van der Waals surface area contributed by atoms with Crippen LogP contribution >= 0.6 is 11.3 Å². The van der Waals surface area contributed by atoms with Crippen molar-refractivity contribution in [1.29, 1.82) is 0 Å². The SMILES string of the molecule is c1ccc(-c2cc(-c3cccc(-c4ccc5c(c4)C4(c6ccccc6-c6ccccc64)c4sc6ccccc6c4-5)c3)nc(-c3ccc4ccccc4c3)n2)cc1. The van der Waals surface area contributed by atoms with Crippen molar-refractivity contribution in [2.24, 2.45) is 0 Å². The van der Waals surface area contributed by atoms with E-state index in [1.807, 2.05) is 17.4 Å². The van der Waals surface area contributed by atoms with Crippen molar-refractivity contribution in [3.63, 3.8) is 0 Å². The topological polar surface area (TPSA) is 25.8 Å². The molecular weight excluding hydrogens is 697 g/mol. The van der Waals surface area contributed by atoms with Gasteiger partial charge < -0.3 is 0 Å². The average Bonchev–Trinajstić information content (AvgIpc) is 3.90. The summed E-state index contributed by atoms with van der Waals surface area (Å²) in [7, 11) is 0. The van der Waals surface area contributed by atoms with Crippen LogP contribution in [-0.4, -0.2) is 9.97 Å². The molecule has 12 rings (SSSR count). The van der Waals surface area contributed by atoms with E-state index in [1.54, 1.807) is 0 Å². The Kier molecular flexibility index (Phi) is 6.75. The van der Waals surface area contributed by atoms with Gasteiger partial charge in [0.25, 0.3) is 0 Å². The normalized spacial score (nSPS) is 13.1. The fraction of sp³-hybridized carbons (Fsp3) is 0.0189. The minimum absolute atomic E-state index is 0.388.